The Labute approximate surface area is 167 Å². The van der Waals surface area contributed by atoms with Gasteiger partial charge in [-0.1, -0.05) is 73.5 Å². The van der Waals surface area contributed by atoms with Gasteiger partial charge in [0.25, 0.3) is 0 Å². The molecule has 26 heavy (non-hydrogen) atoms. The fourth-order valence-electron chi connectivity index (χ4n) is 5.42. The molecule has 158 valence electrons. The minimum atomic E-state index is -0.495. The maximum atomic E-state index is 9.89. The van der Waals surface area contributed by atoms with Gasteiger partial charge >= 0.3 is 0 Å². The van der Waals surface area contributed by atoms with E-state index in [9.17, 15) is 5.11 Å². The first-order valence-electron chi connectivity index (χ1n) is 11.2. The van der Waals surface area contributed by atoms with E-state index in [1.165, 1.54) is 44.9 Å². The average molecular weight is 369 g/mol. The molecule has 2 rings (SSSR count). The van der Waals surface area contributed by atoms with Gasteiger partial charge in [-0.05, 0) is 82.5 Å². The first-order valence-corrected chi connectivity index (χ1v) is 11.2. The summed E-state index contributed by atoms with van der Waals surface area (Å²) in [6.07, 6.45) is 12.8. The third-order valence-corrected chi connectivity index (χ3v) is 6.54. The van der Waals surface area contributed by atoms with Crippen molar-refractivity contribution in [2.75, 3.05) is 0 Å². The standard InChI is InChI=1S/C20H36O.2C2H6.CH4/c1-6-16-10-8-14-20(5)17(11-12-18(16)20)15(2)9-7-13-19(3,4)21;2*1-2;/h6,15,17-18,21H,7-14H2,1-5H3;2*1-2H3;1H4/b16-6+;;;/t15-,17?,18?,20?;;;/m1.../s1. The highest BCUT2D eigenvalue weighted by Crippen LogP contribution is 2.59. The average Bonchev–Trinajstić information content (AvgIpc) is 2.94. The van der Waals surface area contributed by atoms with E-state index in [-0.39, 0.29) is 7.43 Å². The van der Waals surface area contributed by atoms with E-state index in [1.54, 1.807) is 5.57 Å². The third kappa shape index (κ3) is 7.37. The van der Waals surface area contributed by atoms with Gasteiger partial charge in [-0.2, -0.15) is 0 Å². The largest absolute Gasteiger partial charge is 0.390 e. The number of hydrogen-bond acceptors (Lipinski definition) is 1. The Kier molecular flexibility index (Phi) is 13.9. The Hall–Kier alpha value is -0.300. The van der Waals surface area contributed by atoms with Crippen molar-refractivity contribution in [1.29, 1.82) is 0 Å². The number of hydrogen-bond donors (Lipinski definition) is 1. The zero-order chi connectivity index (χ0) is 19.7. The lowest BCUT2D eigenvalue weighted by Gasteiger charge is -2.44. The second-order valence-corrected chi connectivity index (χ2v) is 8.64. The number of fused-ring (bicyclic) bond motifs is 1. The molecule has 0 aromatic carbocycles. The van der Waals surface area contributed by atoms with Gasteiger partial charge in [0.1, 0.15) is 0 Å². The molecule has 1 heteroatoms. The topological polar surface area (TPSA) is 20.2 Å². The van der Waals surface area contributed by atoms with E-state index < -0.39 is 5.60 Å². The molecule has 0 amide bonds. The lowest BCUT2D eigenvalue weighted by Crippen LogP contribution is -2.36. The van der Waals surface area contributed by atoms with Gasteiger partial charge in [-0.3, -0.25) is 0 Å². The molecule has 0 aromatic heterocycles. The molecule has 0 radical (unpaired) electrons. The van der Waals surface area contributed by atoms with Gasteiger partial charge < -0.3 is 5.11 Å². The van der Waals surface area contributed by atoms with Crippen LogP contribution in [0.1, 0.15) is 121 Å². The summed E-state index contributed by atoms with van der Waals surface area (Å²) in [5.41, 5.74) is 1.80. The minimum absolute atomic E-state index is 0. The monoisotopic (exact) mass is 368 g/mol. The summed E-state index contributed by atoms with van der Waals surface area (Å²) in [4.78, 5) is 0. The number of rotatable bonds is 5. The summed E-state index contributed by atoms with van der Waals surface area (Å²) in [5.74, 6) is 2.55. The SMILES string of the molecule is C.C/C=C1\CCCC2(C)C1CCC2[C@H](C)CCCC(C)(C)O.CC.CC. The van der Waals surface area contributed by atoms with Crippen molar-refractivity contribution in [3.63, 3.8) is 0 Å². The van der Waals surface area contributed by atoms with Crippen molar-refractivity contribution in [2.45, 2.75) is 127 Å². The summed E-state index contributed by atoms with van der Waals surface area (Å²) in [6.45, 7) is 19.1. The van der Waals surface area contributed by atoms with E-state index >= 15 is 0 Å². The molecule has 1 nitrogen and oxygen atoms in total. The molecule has 2 fully saturated rings. The normalized spacial score (nSPS) is 30.2. The van der Waals surface area contributed by atoms with E-state index in [0.717, 1.165) is 24.2 Å². The van der Waals surface area contributed by atoms with Crippen LogP contribution in [0.5, 0.6) is 0 Å². The molecule has 3 unspecified atom stereocenters. The molecule has 1 N–H and O–H groups in total. The zero-order valence-corrected chi connectivity index (χ0v) is 18.9. The van der Waals surface area contributed by atoms with Crippen molar-refractivity contribution in [2.24, 2.45) is 23.2 Å². The summed E-state index contributed by atoms with van der Waals surface area (Å²) in [6, 6.07) is 0. The summed E-state index contributed by atoms with van der Waals surface area (Å²) in [7, 11) is 0. The molecule has 0 heterocycles. The minimum Gasteiger partial charge on any atom is -0.390 e. The van der Waals surface area contributed by atoms with E-state index in [2.05, 4.69) is 26.8 Å². The van der Waals surface area contributed by atoms with Crippen molar-refractivity contribution in [3.05, 3.63) is 11.6 Å². The lowest BCUT2D eigenvalue weighted by atomic mass is 9.61. The molecule has 0 spiro atoms. The highest BCUT2D eigenvalue weighted by Gasteiger charge is 2.50. The van der Waals surface area contributed by atoms with Crippen molar-refractivity contribution < 1.29 is 5.11 Å². The third-order valence-electron chi connectivity index (χ3n) is 6.54. The molecule has 2 saturated carbocycles. The first kappa shape index (κ1) is 27.9. The van der Waals surface area contributed by atoms with Crippen LogP contribution in [0.15, 0.2) is 11.6 Å². The quantitative estimate of drug-likeness (QED) is 0.483. The molecule has 2 aliphatic carbocycles. The Bertz CT molecular complexity index is 376. The van der Waals surface area contributed by atoms with E-state index in [1.807, 2.05) is 41.5 Å². The molecular weight excluding hydrogens is 316 g/mol. The maximum absolute atomic E-state index is 9.89. The predicted octanol–water partition coefficient (Wildman–Crippen LogP) is 8.41. The zero-order valence-electron chi connectivity index (χ0n) is 18.9. The highest BCUT2D eigenvalue weighted by atomic mass is 16.3. The van der Waals surface area contributed by atoms with E-state index in [0.29, 0.717) is 5.41 Å². The Balaban J connectivity index is 0. The summed E-state index contributed by atoms with van der Waals surface area (Å²) < 4.78 is 0. The number of aliphatic hydroxyl groups is 1. The van der Waals surface area contributed by atoms with Gasteiger partial charge in [0.2, 0.25) is 0 Å². The molecular formula is C25H52O. The Morgan fingerprint density at radius 2 is 1.77 bits per heavy atom. The lowest BCUT2D eigenvalue weighted by molar-refractivity contribution is 0.0596. The van der Waals surface area contributed by atoms with Crippen LogP contribution in [0.2, 0.25) is 0 Å². The van der Waals surface area contributed by atoms with Crippen LogP contribution in [0.4, 0.5) is 0 Å². The van der Waals surface area contributed by atoms with Gasteiger partial charge in [-0.25, -0.2) is 0 Å². The van der Waals surface area contributed by atoms with Crippen LogP contribution in [-0.2, 0) is 0 Å². The van der Waals surface area contributed by atoms with Crippen molar-refractivity contribution >= 4 is 0 Å². The Morgan fingerprint density at radius 1 is 1.19 bits per heavy atom. The van der Waals surface area contributed by atoms with Gasteiger partial charge in [0.05, 0.1) is 5.60 Å². The second kappa shape index (κ2) is 13.0. The van der Waals surface area contributed by atoms with Crippen molar-refractivity contribution in [1.82, 2.24) is 0 Å². The van der Waals surface area contributed by atoms with E-state index in [4.69, 9.17) is 0 Å². The first-order chi connectivity index (χ1) is 11.8. The summed E-state index contributed by atoms with van der Waals surface area (Å²) >= 11 is 0. The van der Waals surface area contributed by atoms with Crippen LogP contribution in [0, 0.1) is 23.2 Å². The van der Waals surface area contributed by atoms with Gasteiger partial charge in [0.15, 0.2) is 0 Å². The van der Waals surface area contributed by atoms with Crippen molar-refractivity contribution in [3.8, 4) is 0 Å². The highest BCUT2D eigenvalue weighted by molar-refractivity contribution is 5.17. The maximum Gasteiger partial charge on any atom is 0.0591 e. The predicted molar refractivity (Wildman–Crippen MR) is 121 cm³/mol. The van der Waals surface area contributed by atoms with Crippen LogP contribution < -0.4 is 0 Å². The molecule has 4 atom stereocenters. The molecule has 0 saturated heterocycles. The fraction of sp³-hybridized carbons (Fsp3) is 0.920. The molecule has 0 aromatic rings. The van der Waals surface area contributed by atoms with Crippen LogP contribution in [0.3, 0.4) is 0 Å². The molecule has 2 aliphatic rings. The van der Waals surface area contributed by atoms with Crippen LogP contribution in [0.25, 0.3) is 0 Å². The Morgan fingerprint density at radius 3 is 2.27 bits per heavy atom. The summed E-state index contributed by atoms with van der Waals surface area (Å²) in [5, 5.41) is 9.89. The van der Waals surface area contributed by atoms with Gasteiger partial charge in [0, 0.05) is 0 Å². The van der Waals surface area contributed by atoms with Gasteiger partial charge in [-0.15, -0.1) is 0 Å². The molecule has 0 aliphatic heterocycles. The molecule has 0 bridgehead atoms. The number of allylic oxidation sites excluding steroid dienone is 2. The van der Waals surface area contributed by atoms with Crippen LogP contribution >= 0.6 is 0 Å². The van der Waals surface area contributed by atoms with Crippen LogP contribution in [-0.4, -0.2) is 10.7 Å². The smallest absolute Gasteiger partial charge is 0.0591 e. The second-order valence-electron chi connectivity index (χ2n) is 8.64. The fourth-order valence-corrected chi connectivity index (χ4v) is 5.42.